The molecule has 1 aromatic heterocycles. The highest BCUT2D eigenvalue weighted by Gasteiger charge is 2.20. The third kappa shape index (κ3) is 3.57. The number of pyridine rings is 1. The summed E-state index contributed by atoms with van der Waals surface area (Å²) in [6.07, 6.45) is 1.19. The lowest BCUT2D eigenvalue weighted by Crippen LogP contribution is -2.25. The quantitative estimate of drug-likeness (QED) is 0.846. The van der Waals surface area contributed by atoms with Crippen molar-refractivity contribution in [2.75, 3.05) is 0 Å². The topological polar surface area (TPSA) is 68.3 Å². The molecule has 0 saturated carbocycles. The minimum Gasteiger partial charge on any atom is -0.282 e. The summed E-state index contributed by atoms with van der Waals surface area (Å²) in [5, 5.41) is -0.692. The average Bonchev–Trinajstić information content (AvgIpc) is 2.40. The zero-order chi connectivity index (χ0) is 13.7. The minimum atomic E-state index is -4.12. The Kier molecular flexibility index (Phi) is 4.20. The maximum atomic E-state index is 13.3. The first-order valence-corrected chi connectivity index (χ1v) is 6.86. The molecule has 1 N–H and O–H groups in total. The number of nitrogens with zero attached hydrogens (tertiary/aromatic N) is 1. The number of hydrogen-bond donors (Lipinski definition) is 1. The van der Waals surface area contributed by atoms with E-state index in [-0.39, 0.29) is 6.61 Å². The number of nitrogens with one attached hydrogen (secondary N) is 1. The predicted octanol–water partition coefficient (Wildman–Crippen LogP) is 1.63. The monoisotopic (exact) mass is 282 g/mol. The fraction of sp³-hybridized carbons (Fsp3) is 0.0833. The van der Waals surface area contributed by atoms with E-state index in [0.29, 0.717) is 0 Å². The number of aromatic nitrogens is 1. The number of rotatable bonds is 5. The summed E-state index contributed by atoms with van der Waals surface area (Å²) >= 11 is 0. The first kappa shape index (κ1) is 13.6. The Morgan fingerprint density at radius 2 is 1.89 bits per heavy atom. The third-order valence-corrected chi connectivity index (χ3v) is 3.38. The van der Waals surface area contributed by atoms with Crippen molar-refractivity contribution in [1.29, 1.82) is 0 Å². The van der Waals surface area contributed by atoms with E-state index in [0.717, 1.165) is 11.6 Å². The van der Waals surface area contributed by atoms with Crippen molar-refractivity contribution in [2.24, 2.45) is 0 Å². The van der Waals surface area contributed by atoms with Gasteiger partial charge >= 0.3 is 0 Å². The molecule has 0 saturated heterocycles. The molecule has 0 aliphatic rings. The van der Waals surface area contributed by atoms with Crippen molar-refractivity contribution in [3.63, 3.8) is 0 Å². The van der Waals surface area contributed by atoms with E-state index in [1.54, 1.807) is 24.3 Å². The Bertz CT molecular complexity index is 647. The summed E-state index contributed by atoms with van der Waals surface area (Å²) in [7, 11) is -4.12. The van der Waals surface area contributed by atoms with E-state index in [4.69, 9.17) is 4.84 Å². The molecule has 0 amide bonds. The summed E-state index contributed by atoms with van der Waals surface area (Å²) in [6, 6.07) is 11.3. The molecule has 7 heteroatoms. The van der Waals surface area contributed by atoms with Gasteiger partial charge in [0.25, 0.3) is 10.0 Å². The second-order valence-corrected chi connectivity index (χ2v) is 5.21. The van der Waals surface area contributed by atoms with Crippen LogP contribution in [0.15, 0.2) is 53.7 Å². The van der Waals surface area contributed by atoms with Crippen molar-refractivity contribution in [3.8, 4) is 0 Å². The Morgan fingerprint density at radius 1 is 1.16 bits per heavy atom. The van der Waals surface area contributed by atoms with Crippen LogP contribution < -0.4 is 4.89 Å². The predicted molar refractivity (Wildman–Crippen MR) is 65.7 cm³/mol. The van der Waals surface area contributed by atoms with Crippen LogP contribution in [0.4, 0.5) is 4.39 Å². The number of benzene rings is 1. The summed E-state index contributed by atoms with van der Waals surface area (Å²) in [4.78, 5) is 10.2. The van der Waals surface area contributed by atoms with Crippen LogP contribution in [0.2, 0.25) is 0 Å². The van der Waals surface area contributed by atoms with Gasteiger partial charge in [0.05, 0.1) is 6.61 Å². The molecule has 1 aromatic carbocycles. The lowest BCUT2D eigenvalue weighted by Gasteiger charge is -2.07. The maximum absolute atomic E-state index is 13.3. The molecular weight excluding hydrogens is 271 g/mol. The molecule has 0 unspecified atom stereocenters. The van der Waals surface area contributed by atoms with Gasteiger partial charge in [-0.25, -0.2) is 17.8 Å². The number of sulfonamides is 1. The fourth-order valence-electron chi connectivity index (χ4n) is 1.37. The van der Waals surface area contributed by atoms with Crippen LogP contribution in [-0.4, -0.2) is 13.4 Å². The molecule has 2 rings (SSSR count). The Hall–Kier alpha value is -1.83. The van der Waals surface area contributed by atoms with Crippen LogP contribution in [0.25, 0.3) is 0 Å². The van der Waals surface area contributed by atoms with Crippen molar-refractivity contribution in [2.45, 2.75) is 11.6 Å². The highest BCUT2D eigenvalue weighted by molar-refractivity contribution is 7.89. The molecule has 100 valence electrons. The highest BCUT2D eigenvalue weighted by Crippen LogP contribution is 2.10. The molecule has 0 aliphatic carbocycles. The summed E-state index contributed by atoms with van der Waals surface area (Å²) in [6.45, 7) is 0.0362. The maximum Gasteiger partial charge on any atom is 0.282 e. The van der Waals surface area contributed by atoms with Gasteiger partial charge in [0, 0.05) is 6.20 Å². The zero-order valence-electron chi connectivity index (χ0n) is 9.78. The van der Waals surface area contributed by atoms with Crippen LogP contribution in [0.5, 0.6) is 0 Å². The van der Waals surface area contributed by atoms with Crippen LogP contribution in [-0.2, 0) is 21.5 Å². The van der Waals surface area contributed by atoms with E-state index >= 15 is 0 Å². The van der Waals surface area contributed by atoms with Crippen LogP contribution in [0.1, 0.15) is 5.56 Å². The molecule has 0 aliphatic heterocycles. The first-order chi connectivity index (χ1) is 9.09. The lowest BCUT2D eigenvalue weighted by molar-refractivity contribution is 0.0791. The third-order valence-electron chi connectivity index (χ3n) is 2.23. The normalized spacial score (nSPS) is 11.4. The summed E-state index contributed by atoms with van der Waals surface area (Å²) in [5.74, 6) is -0.932. The summed E-state index contributed by atoms with van der Waals surface area (Å²) in [5.41, 5.74) is 0.784. The van der Waals surface area contributed by atoms with Gasteiger partial charge in [0.1, 0.15) is 0 Å². The van der Waals surface area contributed by atoms with Gasteiger partial charge in [-0.05, 0) is 17.7 Å². The molecule has 0 atom stereocenters. The molecule has 19 heavy (non-hydrogen) atoms. The van der Waals surface area contributed by atoms with Crippen molar-refractivity contribution in [3.05, 3.63) is 60.0 Å². The fourth-order valence-corrected chi connectivity index (χ4v) is 2.19. The van der Waals surface area contributed by atoms with Crippen LogP contribution in [0, 0.1) is 5.82 Å². The standard InChI is InChI=1S/C12H11FN2O3S/c13-11-7-4-8-14-12(11)19(16,17)15-18-9-10-5-2-1-3-6-10/h1-8,15H,9H2. The van der Waals surface area contributed by atoms with Gasteiger partial charge in [0.15, 0.2) is 5.82 Å². The second kappa shape index (κ2) is 5.87. The largest absolute Gasteiger partial charge is 0.282 e. The molecule has 0 spiro atoms. The molecular formula is C12H11FN2O3S. The van der Waals surface area contributed by atoms with E-state index < -0.39 is 20.9 Å². The summed E-state index contributed by atoms with van der Waals surface area (Å²) < 4.78 is 36.7. The van der Waals surface area contributed by atoms with Crippen molar-refractivity contribution in [1.82, 2.24) is 9.87 Å². The average molecular weight is 282 g/mol. The highest BCUT2D eigenvalue weighted by atomic mass is 32.2. The van der Waals surface area contributed by atoms with Crippen LogP contribution >= 0.6 is 0 Å². The molecule has 0 fully saturated rings. The van der Waals surface area contributed by atoms with Crippen molar-refractivity contribution >= 4 is 10.0 Å². The molecule has 1 heterocycles. The van der Waals surface area contributed by atoms with Crippen molar-refractivity contribution < 1.29 is 17.6 Å². The Balaban J connectivity index is 2.01. The van der Waals surface area contributed by atoms with E-state index in [1.165, 1.54) is 12.3 Å². The van der Waals surface area contributed by atoms with Crippen LogP contribution in [0.3, 0.4) is 0 Å². The zero-order valence-corrected chi connectivity index (χ0v) is 10.6. The SMILES string of the molecule is O=S(=O)(NOCc1ccccc1)c1ncccc1F. The molecule has 5 nitrogen and oxygen atoms in total. The van der Waals surface area contributed by atoms with Gasteiger partial charge in [-0.3, -0.25) is 4.84 Å². The second-order valence-electron chi connectivity index (χ2n) is 3.65. The minimum absolute atomic E-state index is 0.0362. The molecule has 0 radical (unpaired) electrons. The van der Waals surface area contributed by atoms with E-state index in [2.05, 4.69) is 4.98 Å². The Morgan fingerprint density at radius 3 is 2.58 bits per heavy atom. The number of halogens is 1. The van der Waals surface area contributed by atoms with E-state index in [9.17, 15) is 12.8 Å². The Labute approximate surface area is 110 Å². The van der Waals surface area contributed by atoms with Gasteiger partial charge in [-0.1, -0.05) is 35.2 Å². The van der Waals surface area contributed by atoms with Gasteiger partial charge in [-0.2, -0.15) is 0 Å². The lowest BCUT2D eigenvalue weighted by atomic mass is 10.2. The van der Waals surface area contributed by atoms with Gasteiger partial charge in [-0.15, -0.1) is 0 Å². The van der Waals surface area contributed by atoms with Gasteiger partial charge in [0.2, 0.25) is 5.03 Å². The molecule has 2 aromatic rings. The molecule has 0 bridgehead atoms. The van der Waals surface area contributed by atoms with Gasteiger partial charge < -0.3 is 0 Å². The first-order valence-electron chi connectivity index (χ1n) is 5.37. The van der Waals surface area contributed by atoms with E-state index in [1.807, 2.05) is 11.0 Å². The smallest absolute Gasteiger partial charge is 0.282 e. The number of hydrogen-bond acceptors (Lipinski definition) is 4.